The van der Waals surface area contributed by atoms with Crippen LogP contribution in [-0.4, -0.2) is 33.6 Å². The van der Waals surface area contributed by atoms with Crippen LogP contribution in [-0.2, 0) is 33.0 Å². The van der Waals surface area contributed by atoms with Crippen molar-refractivity contribution >= 4 is 23.0 Å². The van der Waals surface area contributed by atoms with Crippen molar-refractivity contribution in [3.8, 4) is 22.9 Å². The zero-order valence-corrected chi connectivity index (χ0v) is 16.8. The molecule has 5 heterocycles. The molecule has 3 aliphatic rings. The van der Waals surface area contributed by atoms with E-state index in [0.29, 0.717) is 34.9 Å². The van der Waals surface area contributed by atoms with Crippen molar-refractivity contribution in [1.82, 2.24) is 9.55 Å². The quantitative estimate of drug-likeness (QED) is 0.472. The number of hydrogen-bond acceptors (Lipinski definition) is 8. The average molecular weight is 436 g/mol. The summed E-state index contributed by atoms with van der Waals surface area (Å²) in [5, 5.41) is 10.1. The van der Waals surface area contributed by atoms with Crippen LogP contribution in [0.3, 0.4) is 0 Å². The van der Waals surface area contributed by atoms with Crippen molar-refractivity contribution in [2.45, 2.75) is 32.1 Å². The Balaban J connectivity index is 1.59. The summed E-state index contributed by atoms with van der Waals surface area (Å²) >= 11 is 0. The first-order chi connectivity index (χ1) is 15.4. The lowest BCUT2D eigenvalue weighted by Crippen LogP contribution is -2.47. The number of carboxylic acid groups (broad SMARTS) is 1. The molecule has 0 aliphatic carbocycles. The lowest BCUT2D eigenvalue weighted by atomic mass is 9.85. The van der Waals surface area contributed by atoms with Gasteiger partial charge < -0.3 is 28.6 Å². The molecule has 0 amide bonds. The van der Waals surface area contributed by atoms with Gasteiger partial charge in [-0.15, -0.1) is 0 Å². The second-order valence-electron chi connectivity index (χ2n) is 7.83. The van der Waals surface area contributed by atoms with E-state index in [0.717, 1.165) is 10.9 Å². The number of carbonyl (C=O) groups is 2. The van der Waals surface area contributed by atoms with Crippen LogP contribution in [0.15, 0.2) is 29.1 Å². The Kier molecular flexibility index (Phi) is 3.63. The molecule has 0 saturated carbocycles. The predicted molar refractivity (Wildman–Crippen MR) is 108 cm³/mol. The number of benzene rings is 1. The molecule has 0 spiro atoms. The lowest BCUT2D eigenvalue weighted by molar-refractivity contribution is -0.174. The third-order valence-corrected chi connectivity index (χ3v) is 6.23. The number of aromatic nitrogens is 2. The van der Waals surface area contributed by atoms with Crippen molar-refractivity contribution in [3.05, 3.63) is 51.3 Å². The maximum absolute atomic E-state index is 13.3. The summed E-state index contributed by atoms with van der Waals surface area (Å²) in [5.74, 6) is 0.390. The molecular formula is C22H16N2O8. The number of ether oxygens (including phenoxy) is 4. The van der Waals surface area contributed by atoms with E-state index in [1.54, 1.807) is 23.6 Å². The number of cyclic esters (lactones) is 1. The highest BCUT2D eigenvalue weighted by atomic mass is 16.7. The number of rotatable bonds is 2. The standard InChI is InChI=1S/C22H16N2O8/c1-2-22(32-21(27)28)13-5-15-18-11(7-24(15)19(25)12(13)8-29-20(22)26)3-10-4-16-17(31-9-30-16)6-14(10)23-18/h3-6H,2,7-9H2,1H3,(H,27,28)/t22-/m0/s1. The van der Waals surface area contributed by atoms with Gasteiger partial charge in [0.2, 0.25) is 12.4 Å². The third kappa shape index (κ3) is 2.34. The smallest absolute Gasteiger partial charge is 0.457 e. The molecule has 0 fully saturated rings. The number of carbonyl (C=O) groups excluding carboxylic acids is 1. The molecule has 0 bridgehead atoms. The highest BCUT2D eigenvalue weighted by Crippen LogP contribution is 2.42. The van der Waals surface area contributed by atoms with Gasteiger partial charge in [-0.25, -0.2) is 14.6 Å². The van der Waals surface area contributed by atoms with E-state index in [-0.39, 0.29) is 36.5 Å². The molecule has 6 rings (SSSR count). The minimum Gasteiger partial charge on any atom is -0.457 e. The lowest BCUT2D eigenvalue weighted by Gasteiger charge is -2.34. The number of pyridine rings is 2. The van der Waals surface area contributed by atoms with E-state index in [1.165, 1.54) is 0 Å². The third-order valence-electron chi connectivity index (χ3n) is 6.23. The highest BCUT2D eigenvalue weighted by Gasteiger charge is 2.50. The van der Waals surface area contributed by atoms with E-state index in [1.807, 2.05) is 12.1 Å². The summed E-state index contributed by atoms with van der Waals surface area (Å²) < 4.78 is 22.6. The maximum Gasteiger partial charge on any atom is 0.507 e. The molecular weight excluding hydrogens is 420 g/mol. The Hall–Kier alpha value is -4.08. The molecule has 3 aliphatic heterocycles. The summed E-state index contributed by atoms with van der Waals surface area (Å²) in [7, 11) is 0. The predicted octanol–water partition coefficient (Wildman–Crippen LogP) is 2.51. The normalized spacial score (nSPS) is 19.8. The largest absolute Gasteiger partial charge is 0.507 e. The van der Waals surface area contributed by atoms with E-state index in [4.69, 9.17) is 23.9 Å². The van der Waals surface area contributed by atoms with Crippen LogP contribution in [0.4, 0.5) is 4.79 Å². The second-order valence-corrected chi connectivity index (χ2v) is 7.83. The van der Waals surface area contributed by atoms with Gasteiger partial charge in [0.1, 0.15) is 6.61 Å². The first-order valence-electron chi connectivity index (χ1n) is 10.0. The van der Waals surface area contributed by atoms with Gasteiger partial charge >= 0.3 is 12.1 Å². The Morgan fingerprint density at radius 1 is 1.19 bits per heavy atom. The summed E-state index contributed by atoms with van der Waals surface area (Å²) in [6.07, 6.45) is -1.65. The molecule has 0 saturated heterocycles. The van der Waals surface area contributed by atoms with Crippen LogP contribution in [0.2, 0.25) is 0 Å². The molecule has 2 aromatic heterocycles. The zero-order chi connectivity index (χ0) is 22.2. The van der Waals surface area contributed by atoms with Gasteiger partial charge in [0, 0.05) is 22.6 Å². The number of fused-ring (bicyclic) bond motifs is 6. The van der Waals surface area contributed by atoms with Gasteiger partial charge in [-0.1, -0.05) is 6.92 Å². The van der Waals surface area contributed by atoms with Crippen LogP contribution in [0, 0.1) is 0 Å². The maximum atomic E-state index is 13.3. The van der Waals surface area contributed by atoms with E-state index in [9.17, 15) is 19.5 Å². The van der Waals surface area contributed by atoms with Crippen molar-refractivity contribution in [2.24, 2.45) is 0 Å². The Morgan fingerprint density at radius 2 is 1.97 bits per heavy atom. The summed E-state index contributed by atoms with van der Waals surface area (Å²) in [6.45, 7) is 1.80. The number of esters is 1. The fraction of sp³-hybridized carbons (Fsp3) is 0.273. The van der Waals surface area contributed by atoms with Crippen LogP contribution < -0.4 is 15.0 Å². The second kappa shape index (κ2) is 6.22. The summed E-state index contributed by atoms with van der Waals surface area (Å²) in [5.41, 5.74) is 0.692. The molecule has 32 heavy (non-hydrogen) atoms. The van der Waals surface area contributed by atoms with Gasteiger partial charge in [-0.05, 0) is 24.6 Å². The van der Waals surface area contributed by atoms with Crippen LogP contribution >= 0.6 is 0 Å². The van der Waals surface area contributed by atoms with E-state index in [2.05, 4.69) is 0 Å². The zero-order valence-electron chi connectivity index (χ0n) is 16.8. The van der Waals surface area contributed by atoms with Crippen molar-refractivity contribution in [1.29, 1.82) is 0 Å². The van der Waals surface area contributed by atoms with Gasteiger partial charge in [-0.3, -0.25) is 4.79 Å². The Labute approximate surface area is 179 Å². The molecule has 1 atom stereocenters. The molecule has 10 nitrogen and oxygen atoms in total. The highest BCUT2D eigenvalue weighted by molar-refractivity contribution is 5.89. The van der Waals surface area contributed by atoms with Crippen molar-refractivity contribution in [3.63, 3.8) is 0 Å². The van der Waals surface area contributed by atoms with Crippen molar-refractivity contribution < 1.29 is 33.6 Å². The molecule has 3 aromatic rings. The Morgan fingerprint density at radius 3 is 2.72 bits per heavy atom. The topological polar surface area (TPSA) is 126 Å². The minimum atomic E-state index is -1.90. The van der Waals surface area contributed by atoms with Crippen LogP contribution in [0.1, 0.15) is 30.0 Å². The van der Waals surface area contributed by atoms with E-state index >= 15 is 0 Å². The fourth-order valence-corrected chi connectivity index (χ4v) is 4.68. The molecule has 0 unspecified atom stereocenters. The SMILES string of the molecule is CC[C@@]1(OC(=O)O)C(=O)OCc2c1cc1n(c2=O)Cc2cc3cc4c(cc3nc2-1)OCO4. The summed E-state index contributed by atoms with van der Waals surface area (Å²) in [6, 6.07) is 7.18. The van der Waals surface area contributed by atoms with Gasteiger partial charge in [-0.2, -0.15) is 0 Å². The molecule has 1 N–H and O–H groups in total. The van der Waals surface area contributed by atoms with Gasteiger partial charge in [0.05, 0.1) is 29.0 Å². The first kappa shape index (κ1) is 18.7. The van der Waals surface area contributed by atoms with Crippen LogP contribution in [0.25, 0.3) is 22.3 Å². The van der Waals surface area contributed by atoms with Crippen LogP contribution in [0.5, 0.6) is 11.5 Å². The Bertz CT molecular complexity index is 1430. The summed E-state index contributed by atoms with van der Waals surface area (Å²) in [4.78, 5) is 42.1. The van der Waals surface area contributed by atoms with Gasteiger partial charge in [0.15, 0.2) is 11.5 Å². The van der Waals surface area contributed by atoms with Gasteiger partial charge in [0.25, 0.3) is 5.56 Å². The number of hydrogen-bond donors (Lipinski definition) is 1. The molecule has 1 aromatic carbocycles. The molecule has 0 radical (unpaired) electrons. The van der Waals surface area contributed by atoms with E-state index < -0.39 is 17.7 Å². The van der Waals surface area contributed by atoms with Crippen molar-refractivity contribution in [2.75, 3.05) is 6.79 Å². The monoisotopic (exact) mass is 436 g/mol. The fourth-order valence-electron chi connectivity index (χ4n) is 4.68. The minimum absolute atomic E-state index is 0.0183. The first-order valence-corrected chi connectivity index (χ1v) is 10.0. The molecule has 162 valence electrons. The average Bonchev–Trinajstić information content (AvgIpc) is 3.36. The number of nitrogens with zero attached hydrogens (tertiary/aromatic N) is 2. The molecule has 10 heteroatoms.